The van der Waals surface area contributed by atoms with Gasteiger partial charge in [0.05, 0.1) is 12.7 Å². The number of nitrogens with zero attached hydrogens (tertiary/aromatic N) is 2. The van der Waals surface area contributed by atoms with Crippen LogP contribution in [0.5, 0.6) is 0 Å². The van der Waals surface area contributed by atoms with Crippen molar-refractivity contribution in [3.05, 3.63) is 18.4 Å². The highest BCUT2D eigenvalue weighted by Gasteiger charge is 2.01. The average molecular weight is 211 g/mol. The van der Waals surface area contributed by atoms with Gasteiger partial charge in [-0.15, -0.1) is 0 Å². The molecule has 0 spiro atoms. The molecule has 0 amide bonds. The van der Waals surface area contributed by atoms with E-state index in [1.807, 2.05) is 0 Å². The minimum atomic E-state index is 0.624. The van der Waals surface area contributed by atoms with Crippen molar-refractivity contribution in [3.8, 4) is 0 Å². The summed E-state index contributed by atoms with van der Waals surface area (Å²) in [5.41, 5.74) is 0. The van der Waals surface area contributed by atoms with Gasteiger partial charge in [0.2, 0.25) is 0 Å². The molecule has 1 aromatic heterocycles. The molecule has 0 aliphatic heterocycles. The first-order valence-corrected chi connectivity index (χ1v) is 5.48. The first-order chi connectivity index (χ1) is 7.20. The summed E-state index contributed by atoms with van der Waals surface area (Å²) in [5.74, 6) is 0.896. The van der Waals surface area contributed by atoms with Crippen molar-refractivity contribution in [2.24, 2.45) is 0 Å². The molecule has 1 heterocycles. The van der Waals surface area contributed by atoms with Crippen LogP contribution in [0.25, 0.3) is 0 Å². The van der Waals surface area contributed by atoms with Crippen LogP contribution in [0.2, 0.25) is 0 Å². The van der Waals surface area contributed by atoms with Gasteiger partial charge in [-0.25, -0.2) is 4.98 Å². The zero-order valence-electron chi connectivity index (χ0n) is 9.86. The van der Waals surface area contributed by atoms with Crippen LogP contribution in [0.4, 0.5) is 0 Å². The lowest BCUT2D eigenvalue weighted by Crippen LogP contribution is -2.29. The van der Waals surface area contributed by atoms with Crippen LogP contribution in [0.15, 0.2) is 17.0 Å². The molecule has 1 N–H and O–H groups in total. The molecule has 0 fully saturated rings. The van der Waals surface area contributed by atoms with Crippen molar-refractivity contribution in [1.29, 1.82) is 0 Å². The van der Waals surface area contributed by atoms with Gasteiger partial charge in [0, 0.05) is 6.04 Å². The Bertz CT molecular complexity index is 246. The number of aromatic nitrogens is 1. The monoisotopic (exact) mass is 211 g/mol. The Morgan fingerprint density at radius 3 is 2.93 bits per heavy atom. The molecule has 15 heavy (non-hydrogen) atoms. The van der Waals surface area contributed by atoms with Gasteiger partial charge in [0.25, 0.3) is 0 Å². The lowest BCUT2D eigenvalue weighted by Gasteiger charge is -2.20. The van der Waals surface area contributed by atoms with E-state index in [0.29, 0.717) is 6.04 Å². The fraction of sp³-hybridized carbons (Fsp3) is 0.727. The minimum Gasteiger partial charge on any atom is -0.447 e. The fourth-order valence-corrected chi connectivity index (χ4v) is 1.25. The molecule has 0 radical (unpaired) electrons. The van der Waals surface area contributed by atoms with E-state index in [1.165, 1.54) is 6.39 Å². The van der Waals surface area contributed by atoms with Crippen molar-refractivity contribution in [2.75, 3.05) is 20.1 Å². The van der Waals surface area contributed by atoms with Crippen LogP contribution in [0, 0.1) is 0 Å². The summed E-state index contributed by atoms with van der Waals surface area (Å²) in [6.07, 6.45) is 4.36. The van der Waals surface area contributed by atoms with Gasteiger partial charge >= 0.3 is 0 Å². The molecule has 0 saturated carbocycles. The Morgan fingerprint density at radius 1 is 1.53 bits per heavy atom. The van der Waals surface area contributed by atoms with Crippen LogP contribution in [0.1, 0.15) is 26.0 Å². The normalized spacial score (nSPS) is 11.5. The summed E-state index contributed by atoms with van der Waals surface area (Å²) >= 11 is 0. The van der Waals surface area contributed by atoms with E-state index >= 15 is 0 Å². The minimum absolute atomic E-state index is 0.624. The topological polar surface area (TPSA) is 41.3 Å². The van der Waals surface area contributed by atoms with E-state index in [9.17, 15) is 0 Å². The largest absolute Gasteiger partial charge is 0.447 e. The van der Waals surface area contributed by atoms with E-state index in [1.54, 1.807) is 6.20 Å². The fourth-order valence-electron chi connectivity index (χ4n) is 1.25. The Morgan fingerprint density at radius 2 is 2.33 bits per heavy atom. The maximum absolute atomic E-state index is 5.12. The van der Waals surface area contributed by atoms with Crippen molar-refractivity contribution >= 4 is 0 Å². The quantitative estimate of drug-likeness (QED) is 0.694. The maximum Gasteiger partial charge on any atom is 0.180 e. The highest BCUT2D eigenvalue weighted by atomic mass is 16.3. The molecule has 0 aliphatic rings. The summed E-state index contributed by atoms with van der Waals surface area (Å²) in [6.45, 7) is 7.33. The molecule has 1 rings (SSSR count). The molecule has 0 saturated heterocycles. The van der Waals surface area contributed by atoms with Crippen LogP contribution in [0.3, 0.4) is 0 Å². The third kappa shape index (κ3) is 4.95. The maximum atomic E-state index is 5.12. The van der Waals surface area contributed by atoms with Crippen LogP contribution in [-0.2, 0) is 6.54 Å². The van der Waals surface area contributed by atoms with Gasteiger partial charge in [-0.3, -0.25) is 0 Å². The molecular formula is C11H21N3O. The van der Waals surface area contributed by atoms with E-state index in [0.717, 1.165) is 31.8 Å². The number of oxazole rings is 1. The molecule has 86 valence electrons. The number of hydrogen-bond donors (Lipinski definition) is 1. The Hall–Kier alpha value is -0.870. The summed E-state index contributed by atoms with van der Waals surface area (Å²) in [4.78, 5) is 6.20. The summed E-state index contributed by atoms with van der Waals surface area (Å²) in [6, 6.07) is 0.624. The summed E-state index contributed by atoms with van der Waals surface area (Å²) < 4.78 is 5.12. The number of nitrogens with one attached hydrogen (secondary N) is 1. The highest BCUT2D eigenvalue weighted by Crippen LogP contribution is 1.96. The van der Waals surface area contributed by atoms with Crippen molar-refractivity contribution in [1.82, 2.24) is 15.2 Å². The molecule has 0 aromatic carbocycles. The third-order valence-electron chi connectivity index (χ3n) is 2.53. The predicted molar refractivity (Wildman–Crippen MR) is 60.6 cm³/mol. The molecule has 0 aliphatic carbocycles. The number of hydrogen-bond acceptors (Lipinski definition) is 4. The first kappa shape index (κ1) is 12.2. The second-order valence-corrected chi connectivity index (χ2v) is 4.07. The second-order valence-electron chi connectivity index (χ2n) is 4.07. The zero-order valence-corrected chi connectivity index (χ0v) is 9.86. The molecule has 0 bridgehead atoms. The smallest absolute Gasteiger partial charge is 0.180 e. The van der Waals surface area contributed by atoms with Gasteiger partial charge in [0.15, 0.2) is 6.39 Å². The summed E-state index contributed by atoms with van der Waals surface area (Å²) in [7, 11) is 2.15. The molecule has 0 atom stereocenters. The van der Waals surface area contributed by atoms with Gasteiger partial charge in [-0.2, -0.15) is 0 Å². The third-order valence-corrected chi connectivity index (χ3v) is 2.53. The van der Waals surface area contributed by atoms with E-state index in [2.05, 4.69) is 36.1 Å². The molecule has 4 nitrogen and oxygen atoms in total. The van der Waals surface area contributed by atoms with E-state index < -0.39 is 0 Å². The lowest BCUT2D eigenvalue weighted by atomic mass is 10.3. The van der Waals surface area contributed by atoms with Gasteiger partial charge in [-0.05, 0) is 40.4 Å². The summed E-state index contributed by atoms with van der Waals surface area (Å²) in [5, 5.41) is 3.32. The predicted octanol–water partition coefficient (Wildman–Crippen LogP) is 1.49. The highest BCUT2D eigenvalue weighted by molar-refractivity contribution is 4.86. The standard InChI is InChI=1S/C11H21N3O/c1-10(2)14(3)6-4-5-12-7-11-8-13-9-15-11/h8-10,12H,4-7H2,1-3H3. The molecule has 4 heteroatoms. The van der Waals surface area contributed by atoms with Gasteiger partial charge in [0.1, 0.15) is 5.76 Å². The van der Waals surface area contributed by atoms with Crippen LogP contribution < -0.4 is 5.32 Å². The van der Waals surface area contributed by atoms with E-state index in [4.69, 9.17) is 4.42 Å². The lowest BCUT2D eigenvalue weighted by molar-refractivity contribution is 0.269. The van der Waals surface area contributed by atoms with Gasteiger partial charge < -0.3 is 14.6 Å². The SMILES string of the molecule is CC(C)N(C)CCCNCc1cnco1. The average Bonchev–Trinajstić information content (AvgIpc) is 2.69. The Balaban J connectivity index is 1.98. The van der Waals surface area contributed by atoms with Crippen LogP contribution in [-0.4, -0.2) is 36.1 Å². The van der Waals surface area contributed by atoms with Crippen LogP contribution >= 0.6 is 0 Å². The second kappa shape index (κ2) is 6.58. The first-order valence-electron chi connectivity index (χ1n) is 5.48. The molecule has 1 aromatic rings. The van der Waals surface area contributed by atoms with Crippen molar-refractivity contribution < 1.29 is 4.42 Å². The Labute approximate surface area is 91.7 Å². The zero-order chi connectivity index (χ0) is 11.1. The van der Waals surface area contributed by atoms with Crippen molar-refractivity contribution in [3.63, 3.8) is 0 Å². The molecular weight excluding hydrogens is 190 g/mol. The molecule has 0 unspecified atom stereocenters. The Kier molecular flexibility index (Phi) is 5.36. The van der Waals surface area contributed by atoms with E-state index in [-0.39, 0.29) is 0 Å². The van der Waals surface area contributed by atoms with Crippen molar-refractivity contribution in [2.45, 2.75) is 32.9 Å². The van der Waals surface area contributed by atoms with Gasteiger partial charge in [-0.1, -0.05) is 0 Å². The number of rotatable bonds is 7.